The van der Waals surface area contributed by atoms with E-state index in [9.17, 15) is 18.0 Å². The fourth-order valence-corrected chi connectivity index (χ4v) is 1.40. The Labute approximate surface area is 113 Å². The number of carbonyl (C=O) groups is 1. The van der Waals surface area contributed by atoms with E-state index in [1.54, 1.807) is 6.92 Å². The quantitative estimate of drug-likeness (QED) is 0.644. The Balaban J connectivity index is 2.63. The van der Waals surface area contributed by atoms with Crippen LogP contribution in [0.4, 0.5) is 18.9 Å². The molecule has 0 aliphatic heterocycles. The number of aromatic nitrogens is 1. The van der Waals surface area contributed by atoms with Gasteiger partial charge in [-0.15, -0.1) is 0 Å². The van der Waals surface area contributed by atoms with Crippen molar-refractivity contribution >= 4 is 11.7 Å². The van der Waals surface area contributed by atoms with E-state index >= 15 is 0 Å². The Morgan fingerprint density at radius 2 is 2.15 bits per heavy atom. The Bertz CT molecular complexity index is 464. The van der Waals surface area contributed by atoms with Crippen LogP contribution in [0.25, 0.3) is 0 Å². The third-order valence-electron chi connectivity index (χ3n) is 2.29. The summed E-state index contributed by atoms with van der Waals surface area (Å²) in [5.74, 6) is -0.703. The van der Waals surface area contributed by atoms with Gasteiger partial charge in [0.25, 0.3) is 0 Å². The van der Waals surface area contributed by atoms with Crippen molar-refractivity contribution in [2.24, 2.45) is 0 Å². The number of anilines is 1. The van der Waals surface area contributed by atoms with E-state index in [0.29, 0.717) is 0 Å². The molecule has 0 saturated heterocycles. The highest BCUT2D eigenvalue weighted by Gasteiger charge is 2.26. The number of hydrogen-bond acceptors (Lipinski definition) is 5. The molecule has 1 aromatic heterocycles. The van der Waals surface area contributed by atoms with Crippen molar-refractivity contribution in [2.45, 2.75) is 25.9 Å². The van der Waals surface area contributed by atoms with Gasteiger partial charge in [0.1, 0.15) is 5.69 Å². The molecule has 5 nitrogen and oxygen atoms in total. The predicted octanol–water partition coefficient (Wildman–Crippen LogP) is 2.56. The lowest BCUT2D eigenvalue weighted by Crippen LogP contribution is -2.12. The number of pyridine rings is 1. The zero-order chi connectivity index (χ0) is 15.2. The molecular weight excluding hydrogens is 277 g/mol. The maximum atomic E-state index is 12.0. The zero-order valence-electron chi connectivity index (χ0n) is 10.9. The van der Waals surface area contributed by atoms with Crippen LogP contribution >= 0.6 is 0 Å². The maximum absolute atomic E-state index is 12.0. The molecule has 0 saturated carbocycles. The second-order valence-electron chi connectivity index (χ2n) is 3.87. The molecule has 112 valence electrons. The third kappa shape index (κ3) is 4.94. The topological polar surface area (TPSA) is 74.4 Å². The molecule has 0 fully saturated rings. The van der Waals surface area contributed by atoms with Gasteiger partial charge in [0, 0.05) is 12.6 Å². The lowest BCUT2D eigenvalue weighted by molar-refractivity contribution is -0.136. The number of ether oxygens (including phenoxy) is 2. The molecule has 0 amide bonds. The number of nitrogen functional groups attached to an aromatic ring is 1. The van der Waals surface area contributed by atoms with Crippen molar-refractivity contribution in [3.8, 4) is 5.88 Å². The van der Waals surface area contributed by atoms with E-state index in [4.69, 9.17) is 15.2 Å². The number of nitrogens with two attached hydrogens (primary N) is 1. The van der Waals surface area contributed by atoms with E-state index in [2.05, 4.69) is 4.98 Å². The van der Waals surface area contributed by atoms with Crippen LogP contribution < -0.4 is 10.5 Å². The number of hydrogen-bond donors (Lipinski definition) is 1. The van der Waals surface area contributed by atoms with E-state index in [1.807, 2.05) is 0 Å². The minimum Gasteiger partial charge on any atom is -0.476 e. The minimum atomic E-state index is -4.23. The summed E-state index contributed by atoms with van der Waals surface area (Å²) in [5.41, 5.74) is 5.70. The normalized spacial score (nSPS) is 11.2. The number of carbonyl (C=O) groups excluding carboxylic acids is 1. The highest BCUT2D eigenvalue weighted by atomic mass is 19.4. The van der Waals surface area contributed by atoms with E-state index in [0.717, 1.165) is 0 Å². The van der Waals surface area contributed by atoms with E-state index in [1.165, 1.54) is 12.3 Å². The molecule has 0 spiro atoms. The van der Waals surface area contributed by atoms with Crippen molar-refractivity contribution in [1.29, 1.82) is 0 Å². The maximum Gasteiger partial charge on any atom is 0.389 e. The van der Waals surface area contributed by atoms with Gasteiger partial charge in [-0.25, -0.2) is 9.78 Å². The number of halogens is 3. The Morgan fingerprint density at radius 1 is 1.45 bits per heavy atom. The van der Waals surface area contributed by atoms with Crippen molar-refractivity contribution in [3.63, 3.8) is 0 Å². The van der Waals surface area contributed by atoms with Gasteiger partial charge in [0.05, 0.1) is 18.8 Å². The predicted molar refractivity (Wildman–Crippen MR) is 65.4 cm³/mol. The molecule has 0 aromatic carbocycles. The number of esters is 1. The van der Waals surface area contributed by atoms with Crippen molar-refractivity contribution < 1.29 is 27.4 Å². The second kappa shape index (κ2) is 6.97. The van der Waals surface area contributed by atoms with E-state index < -0.39 is 18.6 Å². The van der Waals surface area contributed by atoms with Crippen molar-refractivity contribution in [3.05, 3.63) is 17.8 Å². The molecule has 0 aliphatic carbocycles. The van der Waals surface area contributed by atoms with Gasteiger partial charge in [-0.3, -0.25) is 0 Å². The average Bonchev–Trinajstić information content (AvgIpc) is 2.35. The highest BCUT2D eigenvalue weighted by molar-refractivity contribution is 5.96. The Kier molecular flexibility index (Phi) is 5.60. The SMILES string of the molecule is CCOC(=O)c1ccnc(OCCCC(F)(F)F)c1N. The minimum absolute atomic E-state index is 0.0436. The summed E-state index contributed by atoms with van der Waals surface area (Å²) >= 11 is 0. The fraction of sp³-hybridized carbons (Fsp3) is 0.500. The lowest BCUT2D eigenvalue weighted by Gasteiger charge is -2.11. The number of nitrogens with zero attached hydrogens (tertiary/aromatic N) is 1. The van der Waals surface area contributed by atoms with Gasteiger partial charge in [-0.1, -0.05) is 0 Å². The molecule has 1 aromatic rings. The molecule has 0 bridgehead atoms. The first-order chi connectivity index (χ1) is 9.35. The first-order valence-electron chi connectivity index (χ1n) is 5.96. The largest absolute Gasteiger partial charge is 0.476 e. The summed E-state index contributed by atoms with van der Waals surface area (Å²) in [6.07, 6.45) is -4.12. The van der Waals surface area contributed by atoms with Gasteiger partial charge in [-0.2, -0.15) is 13.2 Å². The van der Waals surface area contributed by atoms with Crippen LogP contribution in [0.15, 0.2) is 12.3 Å². The fourth-order valence-electron chi connectivity index (χ4n) is 1.40. The summed E-state index contributed by atoms with van der Waals surface area (Å²) in [4.78, 5) is 15.3. The zero-order valence-corrected chi connectivity index (χ0v) is 10.9. The van der Waals surface area contributed by atoms with Crippen molar-refractivity contribution in [2.75, 3.05) is 18.9 Å². The monoisotopic (exact) mass is 292 g/mol. The molecule has 20 heavy (non-hydrogen) atoms. The molecule has 2 N–H and O–H groups in total. The van der Waals surface area contributed by atoms with Crippen LogP contribution in [0.3, 0.4) is 0 Å². The lowest BCUT2D eigenvalue weighted by atomic mass is 10.2. The molecule has 1 heterocycles. The van der Waals surface area contributed by atoms with Gasteiger partial charge in [0.15, 0.2) is 0 Å². The molecule has 0 aliphatic rings. The number of rotatable bonds is 6. The van der Waals surface area contributed by atoms with Gasteiger partial charge in [0.2, 0.25) is 5.88 Å². The molecule has 0 unspecified atom stereocenters. The van der Waals surface area contributed by atoms with Gasteiger partial charge in [-0.05, 0) is 19.4 Å². The van der Waals surface area contributed by atoms with E-state index in [-0.39, 0.29) is 36.8 Å². The summed E-state index contributed by atoms with van der Waals surface area (Å²) < 4.78 is 45.7. The number of alkyl halides is 3. The first-order valence-corrected chi connectivity index (χ1v) is 5.96. The van der Waals surface area contributed by atoms with Crippen LogP contribution in [0.1, 0.15) is 30.1 Å². The molecular formula is C12H15F3N2O3. The van der Waals surface area contributed by atoms with Gasteiger partial charge < -0.3 is 15.2 Å². The summed E-state index contributed by atoms with van der Waals surface area (Å²) in [6.45, 7) is 1.63. The highest BCUT2D eigenvalue weighted by Crippen LogP contribution is 2.25. The van der Waals surface area contributed by atoms with Crippen LogP contribution in [-0.2, 0) is 4.74 Å². The molecule has 8 heteroatoms. The summed E-state index contributed by atoms with van der Waals surface area (Å²) in [6, 6.07) is 1.36. The van der Waals surface area contributed by atoms with Crippen LogP contribution in [-0.4, -0.2) is 30.3 Å². The molecule has 1 rings (SSSR count). The van der Waals surface area contributed by atoms with Crippen LogP contribution in [0.2, 0.25) is 0 Å². The average molecular weight is 292 g/mol. The molecule has 0 radical (unpaired) electrons. The Hall–Kier alpha value is -1.99. The van der Waals surface area contributed by atoms with Crippen LogP contribution in [0.5, 0.6) is 5.88 Å². The Morgan fingerprint density at radius 3 is 2.75 bits per heavy atom. The summed E-state index contributed by atoms with van der Waals surface area (Å²) in [5, 5.41) is 0. The van der Waals surface area contributed by atoms with Gasteiger partial charge >= 0.3 is 12.1 Å². The standard InChI is InChI=1S/C12H15F3N2O3/c1-2-19-11(18)8-4-6-17-10(9(8)16)20-7-3-5-12(13,14)15/h4,6H,2-3,5,7,16H2,1H3. The second-order valence-corrected chi connectivity index (χ2v) is 3.87. The smallest absolute Gasteiger partial charge is 0.389 e. The molecule has 0 atom stereocenters. The van der Waals surface area contributed by atoms with Crippen molar-refractivity contribution in [1.82, 2.24) is 4.98 Å². The third-order valence-corrected chi connectivity index (χ3v) is 2.29. The van der Waals surface area contributed by atoms with Crippen LogP contribution in [0, 0.1) is 0 Å². The first kappa shape index (κ1) is 16.1. The summed E-state index contributed by atoms with van der Waals surface area (Å²) in [7, 11) is 0.